The summed E-state index contributed by atoms with van der Waals surface area (Å²) in [4.78, 5) is 7.91. The number of anilines is 2. The molecule has 34 heavy (non-hydrogen) atoms. The summed E-state index contributed by atoms with van der Waals surface area (Å²) in [5, 5.41) is 13.3. The van der Waals surface area contributed by atoms with Crippen molar-refractivity contribution in [3.8, 4) is 5.75 Å². The number of benzene rings is 2. The molecule has 2 aromatic carbocycles. The number of rotatable bonds is 9. The highest BCUT2D eigenvalue weighted by Crippen LogP contribution is 2.26. The molecular weight excluding hydrogens is 492 g/mol. The lowest BCUT2D eigenvalue weighted by Gasteiger charge is -2.21. The van der Waals surface area contributed by atoms with Crippen molar-refractivity contribution in [2.24, 2.45) is 0 Å². The van der Waals surface area contributed by atoms with E-state index in [0.29, 0.717) is 17.4 Å². The van der Waals surface area contributed by atoms with E-state index in [0.717, 1.165) is 30.1 Å². The number of hydrogen-bond acceptors (Lipinski definition) is 7. The topological polar surface area (TPSA) is 85.8 Å². The van der Waals surface area contributed by atoms with Gasteiger partial charge in [0.05, 0.1) is 4.90 Å². The average molecular weight is 521 g/mol. The lowest BCUT2D eigenvalue weighted by Crippen LogP contribution is -2.35. The fourth-order valence-corrected chi connectivity index (χ4v) is 5.58. The third kappa shape index (κ3) is 6.80. The van der Waals surface area contributed by atoms with Gasteiger partial charge >= 0.3 is 0 Å². The first-order chi connectivity index (χ1) is 15.9. The van der Waals surface area contributed by atoms with Crippen molar-refractivity contribution in [3.05, 3.63) is 65.2 Å². The fourth-order valence-electron chi connectivity index (χ4n) is 3.63. The number of thiazole rings is 1. The smallest absolute Gasteiger partial charge is 0.242 e. The average Bonchev–Trinajstić information content (AvgIpc) is 3.49. The number of nitrogens with one attached hydrogen (secondary N) is 1. The van der Waals surface area contributed by atoms with Crippen LogP contribution in [0.15, 0.2) is 59.6 Å². The number of aromatic hydroxyl groups is 1. The molecule has 0 radical (unpaired) electrons. The van der Waals surface area contributed by atoms with Crippen LogP contribution in [0.2, 0.25) is 0 Å². The quantitative estimate of drug-likeness (QED) is 0.417. The Bertz CT molecular complexity index is 1210. The summed E-state index contributed by atoms with van der Waals surface area (Å²) in [5.41, 5.74) is 1.65. The van der Waals surface area contributed by atoms with E-state index in [2.05, 4.69) is 15.2 Å². The van der Waals surface area contributed by atoms with Gasteiger partial charge in [0.15, 0.2) is 5.13 Å². The van der Waals surface area contributed by atoms with E-state index in [9.17, 15) is 13.5 Å². The Balaban J connectivity index is 0.00000324. The molecule has 10 heteroatoms. The van der Waals surface area contributed by atoms with Gasteiger partial charge in [0.2, 0.25) is 10.0 Å². The van der Waals surface area contributed by atoms with Gasteiger partial charge in [-0.2, -0.15) is 4.31 Å². The molecule has 1 fully saturated rings. The van der Waals surface area contributed by atoms with Gasteiger partial charge in [-0.1, -0.05) is 35.6 Å². The number of likely N-dealkylation sites (tertiary alicyclic amines) is 1. The molecule has 3 aromatic rings. The second-order valence-corrected chi connectivity index (χ2v) is 11.1. The number of likely N-dealkylation sites (N-methyl/N-ethyl adjacent to an activating group) is 1. The molecule has 0 amide bonds. The van der Waals surface area contributed by atoms with E-state index in [-0.39, 0.29) is 23.1 Å². The van der Waals surface area contributed by atoms with Crippen LogP contribution in [0.4, 0.5) is 10.8 Å². The number of hydrogen-bond donors (Lipinski definition) is 2. The zero-order valence-corrected chi connectivity index (χ0v) is 21.4. The fraction of sp³-hybridized carbons (Fsp3) is 0.292. The summed E-state index contributed by atoms with van der Waals surface area (Å²) < 4.78 is 27.5. The molecule has 2 heterocycles. The second-order valence-electron chi connectivity index (χ2n) is 8.02. The first-order valence-electron chi connectivity index (χ1n) is 10.9. The zero-order valence-electron chi connectivity index (χ0n) is 18.9. The van der Waals surface area contributed by atoms with E-state index in [1.165, 1.54) is 28.5 Å². The van der Waals surface area contributed by atoms with E-state index >= 15 is 0 Å². The van der Waals surface area contributed by atoms with Crippen LogP contribution in [0.1, 0.15) is 23.3 Å². The van der Waals surface area contributed by atoms with Gasteiger partial charge in [-0.15, -0.1) is 12.4 Å². The van der Waals surface area contributed by atoms with Crippen LogP contribution in [0.3, 0.4) is 0 Å². The maximum atomic E-state index is 13.0. The lowest BCUT2D eigenvalue weighted by atomic mass is 10.2. The highest BCUT2D eigenvalue weighted by molar-refractivity contribution is 7.89. The monoisotopic (exact) mass is 520 g/mol. The van der Waals surface area contributed by atoms with Crippen molar-refractivity contribution in [1.29, 1.82) is 0 Å². The highest BCUT2D eigenvalue weighted by atomic mass is 35.5. The molecule has 0 spiro atoms. The van der Waals surface area contributed by atoms with Crippen LogP contribution >= 0.6 is 23.7 Å². The molecule has 1 aromatic heterocycles. The molecule has 0 atom stereocenters. The molecule has 0 unspecified atom stereocenters. The van der Waals surface area contributed by atoms with Crippen molar-refractivity contribution >= 4 is 56.7 Å². The minimum absolute atomic E-state index is 0. The third-order valence-electron chi connectivity index (χ3n) is 5.58. The van der Waals surface area contributed by atoms with Gasteiger partial charge in [0.1, 0.15) is 5.75 Å². The number of aromatic nitrogens is 1. The molecule has 182 valence electrons. The minimum Gasteiger partial charge on any atom is -0.508 e. The Labute approximate surface area is 211 Å². The molecule has 1 aliphatic rings. The van der Waals surface area contributed by atoms with Gasteiger partial charge < -0.3 is 15.3 Å². The molecular formula is C24H29ClN4O3S2. The minimum atomic E-state index is -3.56. The number of sulfonamides is 1. The molecule has 0 saturated carbocycles. The summed E-state index contributed by atoms with van der Waals surface area (Å²) in [6, 6.07) is 13.8. The Morgan fingerprint density at radius 3 is 2.62 bits per heavy atom. The Kier molecular flexibility index (Phi) is 9.10. The predicted molar refractivity (Wildman–Crippen MR) is 142 cm³/mol. The van der Waals surface area contributed by atoms with Gasteiger partial charge in [0.25, 0.3) is 0 Å². The second kappa shape index (κ2) is 11.8. The van der Waals surface area contributed by atoms with Crippen LogP contribution in [-0.2, 0) is 10.0 Å². The van der Waals surface area contributed by atoms with Gasteiger partial charge in [-0.3, -0.25) is 0 Å². The standard InChI is InChI=1S/C24H28N4O3S2.ClH/c1-27(15-16-28-13-2-3-14-28)33(30,31)23-6-4-5-20(17-23)26-24-25-18-22(32-24)12-9-19-7-10-21(29)11-8-19;/h4-12,17-18,29H,2-3,13-16H2,1H3,(H,25,26);1H/b12-9+;. The lowest BCUT2D eigenvalue weighted by molar-refractivity contribution is 0.310. The Hall–Kier alpha value is -2.43. The van der Waals surface area contributed by atoms with E-state index in [1.807, 2.05) is 30.4 Å². The first-order valence-corrected chi connectivity index (χ1v) is 13.1. The summed E-state index contributed by atoms with van der Waals surface area (Å²) in [5.74, 6) is 0.235. The molecule has 4 rings (SSSR count). The Morgan fingerprint density at radius 2 is 1.88 bits per heavy atom. The van der Waals surface area contributed by atoms with E-state index in [1.54, 1.807) is 43.6 Å². The van der Waals surface area contributed by atoms with Crippen LogP contribution in [-0.4, -0.2) is 60.9 Å². The molecule has 0 aliphatic carbocycles. The third-order valence-corrected chi connectivity index (χ3v) is 8.31. The van der Waals surface area contributed by atoms with Crippen molar-refractivity contribution in [2.75, 3.05) is 38.5 Å². The molecule has 1 saturated heterocycles. The summed E-state index contributed by atoms with van der Waals surface area (Å²) in [6.07, 6.45) is 8.04. The number of halogens is 1. The van der Waals surface area contributed by atoms with Crippen molar-refractivity contribution < 1.29 is 13.5 Å². The summed E-state index contributed by atoms with van der Waals surface area (Å²) >= 11 is 1.47. The number of phenolic OH excluding ortho intramolecular Hbond substituents is 1. The van der Waals surface area contributed by atoms with E-state index < -0.39 is 10.0 Å². The Morgan fingerprint density at radius 1 is 1.15 bits per heavy atom. The van der Waals surface area contributed by atoms with Crippen molar-refractivity contribution in [2.45, 2.75) is 17.7 Å². The summed E-state index contributed by atoms with van der Waals surface area (Å²) in [7, 11) is -1.92. The van der Waals surface area contributed by atoms with Crippen LogP contribution in [0.25, 0.3) is 12.2 Å². The number of phenols is 1. The zero-order chi connectivity index (χ0) is 23.3. The maximum absolute atomic E-state index is 13.0. The van der Waals surface area contributed by atoms with E-state index in [4.69, 9.17) is 0 Å². The maximum Gasteiger partial charge on any atom is 0.242 e. The molecule has 7 nitrogen and oxygen atoms in total. The van der Waals surface area contributed by atoms with Crippen LogP contribution < -0.4 is 5.32 Å². The van der Waals surface area contributed by atoms with Crippen LogP contribution in [0, 0.1) is 0 Å². The predicted octanol–water partition coefficient (Wildman–Crippen LogP) is 4.90. The SMILES string of the molecule is CN(CCN1CCCC1)S(=O)(=O)c1cccc(Nc2ncc(/C=C/c3ccc(O)cc3)s2)c1.Cl. The highest BCUT2D eigenvalue weighted by Gasteiger charge is 2.22. The van der Waals surface area contributed by atoms with Gasteiger partial charge in [-0.05, 0) is 67.9 Å². The van der Waals surface area contributed by atoms with Gasteiger partial charge in [-0.25, -0.2) is 13.4 Å². The number of nitrogens with zero attached hydrogens (tertiary/aromatic N) is 3. The first kappa shape index (κ1) is 26.2. The van der Waals surface area contributed by atoms with Crippen molar-refractivity contribution in [3.63, 3.8) is 0 Å². The van der Waals surface area contributed by atoms with Gasteiger partial charge in [0, 0.05) is 36.9 Å². The largest absolute Gasteiger partial charge is 0.508 e. The molecule has 0 bridgehead atoms. The van der Waals surface area contributed by atoms with Crippen LogP contribution in [0.5, 0.6) is 5.75 Å². The molecule has 1 aliphatic heterocycles. The summed E-state index contributed by atoms with van der Waals surface area (Å²) in [6.45, 7) is 3.33. The molecule has 2 N–H and O–H groups in total. The van der Waals surface area contributed by atoms with Crippen molar-refractivity contribution in [1.82, 2.24) is 14.2 Å². The normalized spacial score (nSPS) is 14.5.